The van der Waals surface area contributed by atoms with Gasteiger partial charge in [-0.25, -0.2) is 0 Å². The highest BCUT2D eigenvalue weighted by molar-refractivity contribution is 4.98. The van der Waals surface area contributed by atoms with Crippen LogP contribution in [0.5, 0.6) is 0 Å². The van der Waals surface area contributed by atoms with Crippen LogP contribution in [0.3, 0.4) is 0 Å². The largest absolute Gasteiger partial charge is 0.375 e. The van der Waals surface area contributed by atoms with Crippen molar-refractivity contribution in [1.82, 2.24) is 0 Å². The summed E-state index contributed by atoms with van der Waals surface area (Å²) < 4.78 is 5.95. The molecular formula is C12H24O. The van der Waals surface area contributed by atoms with Crippen molar-refractivity contribution in [2.24, 2.45) is 11.8 Å². The van der Waals surface area contributed by atoms with Crippen LogP contribution in [0.15, 0.2) is 0 Å². The van der Waals surface area contributed by atoms with E-state index in [4.69, 9.17) is 4.74 Å². The minimum absolute atomic E-state index is 0.289. The SMILES string of the molecule is CC(C)CCCOC1(C(C)C)CC1. The van der Waals surface area contributed by atoms with Crippen LogP contribution in [-0.4, -0.2) is 12.2 Å². The average molecular weight is 184 g/mol. The van der Waals surface area contributed by atoms with Gasteiger partial charge in [-0.05, 0) is 37.5 Å². The second-order valence-corrected chi connectivity index (χ2v) is 5.10. The Hall–Kier alpha value is -0.0400. The van der Waals surface area contributed by atoms with Gasteiger partial charge in [0.2, 0.25) is 0 Å². The van der Waals surface area contributed by atoms with Gasteiger partial charge in [0, 0.05) is 6.61 Å². The highest BCUT2D eigenvalue weighted by Crippen LogP contribution is 2.45. The zero-order valence-electron chi connectivity index (χ0n) is 9.60. The first-order valence-electron chi connectivity index (χ1n) is 5.71. The van der Waals surface area contributed by atoms with Crippen molar-refractivity contribution in [3.05, 3.63) is 0 Å². The van der Waals surface area contributed by atoms with Crippen molar-refractivity contribution in [2.45, 2.75) is 59.0 Å². The Morgan fingerprint density at radius 1 is 1.15 bits per heavy atom. The van der Waals surface area contributed by atoms with Gasteiger partial charge in [-0.1, -0.05) is 27.7 Å². The molecule has 0 amide bonds. The maximum Gasteiger partial charge on any atom is 0.0707 e. The van der Waals surface area contributed by atoms with Gasteiger partial charge in [0.05, 0.1) is 5.60 Å². The second-order valence-electron chi connectivity index (χ2n) is 5.10. The van der Waals surface area contributed by atoms with Crippen molar-refractivity contribution in [3.63, 3.8) is 0 Å². The van der Waals surface area contributed by atoms with Crippen LogP contribution >= 0.6 is 0 Å². The molecule has 0 unspecified atom stereocenters. The van der Waals surface area contributed by atoms with Gasteiger partial charge < -0.3 is 4.74 Å². The minimum Gasteiger partial charge on any atom is -0.375 e. The van der Waals surface area contributed by atoms with E-state index in [0.717, 1.165) is 12.5 Å². The Bertz CT molecular complexity index is 145. The van der Waals surface area contributed by atoms with E-state index in [1.165, 1.54) is 25.7 Å². The molecule has 0 bridgehead atoms. The van der Waals surface area contributed by atoms with E-state index in [0.29, 0.717) is 5.92 Å². The Kier molecular flexibility index (Phi) is 3.78. The predicted molar refractivity (Wildman–Crippen MR) is 56.8 cm³/mol. The van der Waals surface area contributed by atoms with Crippen molar-refractivity contribution < 1.29 is 4.74 Å². The first kappa shape index (κ1) is 11.0. The van der Waals surface area contributed by atoms with Gasteiger partial charge in [0.25, 0.3) is 0 Å². The molecule has 0 atom stereocenters. The van der Waals surface area contributed by atoms with Crippen LogP contribution in [0.2, 0.25) is 0 Å². The summed E-state index contributed by atoms with van der Waals surface area (Å²) in [7, 11) is 0. The Balaban J connectivity index is 2.06. The molecule has 1 heteroatoms. The molecule has 0 radical (unpaired) electrons. The molecule has 1 fully saturated rings. The van der Waals surface area contributed by atoms with Crippen molar-refractivity contribution in [3.8, 4) is 0 Å². The van der Waals surface area contributed by atoms with E-state index < -0.39 is 0 Å². The fourth-order valence-corrected chi connectivity index (χ4v) is 1.78. The van der Waals surface area contributed by atoms with Gasteiger partial charge in [0.15, 0.2) is 0 Å². The highest BCUT2D eigenvalue weighted by atomic mass is 16.5. The summed E-state index contributed by atoms with van der Waals surface area (Å²) in [5.74, 6) is 1.52. The fourth-order valence-electron chi connectivity index (χ4n) is 1.78. The molecule has 0 N–H and O–H groups in total. The molecule has 0 saturated heterocycles. The molecule has 1 saturated carbocycles. The van der Waals surface area contributed by atoms with E-state index >= 15 is 0 Å². The Morgan fingerprint density at radius 3 is 2.15 bits per heavy atom. The average Bonchev–Trinajstić information content (AvgIpc) is 2.78. The maximum atomic E-state index is 5.95. The highest BCUT2D eigenvalue weighted by Gasteiger charge is 2.46. The Labute approximate surface area is 82.9 Å². The third kappa shape index (κ3) is 3.30. The lowest BCUT2D eigenvalue weighted by molar-refractivity contribution is -0.00216. The summed E-state index contributed by atoms with van der Waals surface area (Å²) in [6.07, 6.45) is 5.10. The van der Waals surface area contributed by atoms with Crippen LogP contribution in [0.1, 0.15) is 53.4 Å². The van der Waals surface area contributed by atoms with Gasteiger partial charge in [0.1, 0.15) is 0 Å². The van der Waals surface area contributed by atoms with Gasteiger partial charge in [-0.15, -0.1) is 0 Å². The molecule has 1 rings (SSSR count). The minimum atomic E-state index is 0.289. The van der Waals surface area contributed by atoms with Gasteiger partial charge in [-0.3, -0.25) is 0 Å². The topological polar surface area (TPSA) is 9.23 Å². The molecule has 1 nitrogen and oxygen atoms in total. The third-order valence-electron chi connectivity index (χ3n) is 3.11. The van der Waals surface area contributed by atoms with Crippen LogP contribution in [-0.2, 0) is 4.74 Å². The van der Waals surface area contributed by atoms with E-state index in [1.54, 1.807) is 0 Å². The monoisotopic (exact) mass is 184 g/mol. The van der Waals surface area contributed by atoms with E-state index in [2.05, 4.69) is 27.7 Å². The lowest BCUT2D eigenvalue weighted by Crippen LogP contribution is -2.22. The van der Waals surface area contributed by atoms with Gasteiger partial charge in [-0.2, -0.15) is 0 Å². The lowest BCUT2D eigenvalue weighted by atomic mass is 10.1. The molecule has 13 heavy (non-hydrogen) atoms. The van der Waals surface area contributed by atoms with Crippen molar-refractivity contribution >= 4 is 0 Å². The van der Waals surface area contributed by atoms with E-state index in [1.807, 2.05) is 0 Å². The summed E-state index contributed by atoms with van der Waals surface area (Å²) in [6.45, 7) is 10.1. The summed E-state index contributed by atoms with van der Waals surface area (Å²) in [4.78, 5) is 0. The molecule has 0 spiro atoms. The normalized spacial score (nSPS) is 19.8. The second kappa shape index (κ2) is 4.45. The van der Waals surface area contributed by atoms with Crippen LogP contribution in [0, 0.1) is 11.8 Å². The van der Waals surface area contributed by atoms with Crippen LogP contribution < -0.4 is 0 Å². The van der Waals surface area contributed by atoms with Crippen LogP contribution in [0.4, 0.5) is 0 Å². The first-order valence-corrected chi connectivity index (χ1v) is 5.71. The number of ether oxygens (including phenoxy) is 1. The van der Waals surface area contributed by atoms with E-state index in [9.17, 15) is 0 Å². The number of hydrogen-bond donors (Lipinski definition) is 0. The maximum absolute atomic E-state index is 5.95. The summed E-state index contributed by atoms with van der Waals surface area (Å²) >= 11 is 0. The molecule has 0 aromatic rings. The summed E-state index contributed by atoms with van der Waals surface area (Å²) in [6, 6.07) is 0. The third-order valence-corrected chi connectivity index (χ3v) is 3.11. The number of rotatable bonds is 6. The standard InChI is InChI=1S/C12H24O/c1-10(2)6-5-9-13-12(7-8-12)11(3)4/h10-11H,5-9H2,1-4H3. The lowest BCUT2D eigenvalue weighted by Gasteiger charge is -2.20. The molecule has 78 valence electrons. The van der Waals surface area contributed by atoms with Crippen molar-refractivity contribution in [1.29, 1.82) is 0 Å². The molecule has 0 heterocycles. The quantitative estimate of drug-likeness (QED) is 0.573. The summed E-state index contributed by atoms with van der Waals surface area (Å²) in [5, 5.41) is 0. The molecular weight excluding hydrogens is 160 g/mol. The van der Waals surface area contributed by atoms with Crippen molar-refractivity contribution in [2.75, 3.05) is 6.61 Å². The first-order chi connectivity index (χ1) is 6.07. The van der Waals surface area contributed by atoms with Crippen LogP contribution in [0.25, 0.3) is 0 Å². The summed E-state index contributed by atoms with van der Waals surface area (Å²) in [5.41, 5.74) is 0.289. The zero-order chi connectivity index (χ0) is 9.90. The smallest absolute Gasteiger partial charge is 0.0707 e. The molecule has 1 aliphatic rings. The van der Waals surface area contributed by atoms with E-state index in [-0.39, 0.29) is 5.60 Å². The molecule has 0 aromatic carbocycles. The zero-order valence-corrected chi connectivity index (χ0v) is 9.60. The molecule has 1 aliphatic carbocycles. The predicted octanol–water partition coefficient (Wildman–Crippen LogP) is 3.63. The number of hydrogen-bond acceptors (Lipinski definition) is 1. The molecule has 0 aliphatic heterocycles. The fraction of sp³-hybridized carbons (Fsp3) is 1.00. The molecule has 0 aromatic heterocycles. The Morgan fingerprint density at radius 2 is 1.77 bits per heavy atom. The van der Waals surface area contributed by atoms with Gasteiger partial charge >= 0.3 is 0 Å².